The van der Waals surface area contributed by atoms with E-state index in [1.54, 1.807) is 26.2 Å². The first-order valence-corrected chi connectivity index (χ1v) is 23.1. The van der Waals surface area contributed by atoms with E-state index in [0.29, 0.717) is 68.6 Å². The summed E-state index contributed by atoms with van der Waals surface area (Å²) >= 11 is 0. The molecule has 1 N–H and O–H groups in total. The lowest BCUT2D eigenvalue weighted by Gasteiger charge is -2.35. The Morgan fingerprint density at radius 1 is 1.07 bits per heavy atom. The van der Waals surface area contributed by atoms with Crippen molar-refractivity contribution >= 4 is 44.4 Å². The summed E-state index contributed by atoms with van der Waals surface area (Å²) in [5, 5.41) is 1.43. The average Bonchev–Trinajstić information content (AvgIpc) is 4.10. The second-order valence-electron chi connectivity index (χ2n) is 18.4. The first-order chi connectivity index (χ1) is 28.5. The number of ketones is 1. The number of amides is 2. The van der Waals surface area contributed by atoms with Crippen LogP contribution in [0.15, 0.2) is 36.4 Å². The summed E-state index contributed by atoms with van der Waals surface area (Å²) in [6.07, 6.45) is 8.37. The lowest BCUT2D eigenvalue weighted by atomic mass is 9.79. The van der Waals surface area contributed by atoms with Crippen molar-refractivity contribution in [3.8, 4) is 17.5 Å². The van der Waals surface area contributed by atoms with Gasteiger partial charge in [-0.2, -0.15) is 4.98 Å². The minimum atomic E-state index is -3.97. The van der Waals surface area contributed by atoms with E-state index in [4.69, 9.17) is 23.7 Å². The Morgan fingerprint density at radius 3 is 2.53 bits per heavy atom. The van der Waals surface area contributed by atoms with E-state index in [9.17, 15) is 22.8 Å². The topological polar surface area (TPSA) is 177 Å². The molecule has 2 aliphatic carbocycles. The largest absolute Gasteiger partial charge is 0.497 e. The van der Waals surface area contributed by atoms with Crippen LogP contribution in [0.4, 0.5) is 0 Å². The molecule has 60 heavy (non-hydrogen) atoms. The Balaban J connectivity index is 1.24. The van der Waals surface area contributed by atoms with Gasteiger partial charge in [0.05, 0.1) is 55.9 Å². The summed E-state index contributed by atoms with van der Waals surface area (Å²) in [5.41, 5.74) is -2.09. The number of rotatable bonds is 11. The molecule has 1 unspecified atom stereocenters. The number of carbonyl (C=O) groups is 4. The highest BCUT2D eigenvalue weighted by atomic mass is 32.2. The molecular formula is C45H61N3O11S. The first-order valence-electron chi connectivity index (χ1n) is 21.6. The fourth-order valence-corrected chi connectivity index (χ4v) is 10.8. The van der Waals surface area contributed by atoms with Crippen LogP contribution in [0.3, 0.4) is 0 Å². The van der Waals surface area contributed by atoms with Crippen LogP contribution in [-0.2, 0) is 38.7 Å². The number of aromatic nitrogens is 1. The third-order valence-corrected chi connectivity index (χ3v) is 15.9. The summed E-state index contributed by atoms with van der Waals surface area (Å²) in [6.45, 7) is 8.52. The third kappa shape index (κ3) is 9.17. The SMILES string of the molecule is CC[C@@H]1C[C@@H](C)CC/C=C\[C@@H]2C[C@@]2(C(=O)NS(=O)(=O)C2(C)CC2)CC(=O)[C@@H]2C[C@@H](Oc3nc(OC)cc4cc(OC)ccc34)CN2C(=O)[C@H]1CC(=O)OC1(C)CCCOC1. The van der Waals surface area contributed by atoms with Gasteiger partial charge < -0.3 is 28.6 Å². The number of pyridine rings is 1. The molecule has 0 spiro atoms. The van der Waals surface area contributed by atoms with Crippen LogP contribution in [0.2, 0.25) is 0 Å². The zero-order valence-corrected chi connectivity index (χ0v) is 36.6. The molecule has 328 valence electrons. The van der Waals surface area contributed by atoms with Gasteiger partial charge >= 0.3 is 5.97 Å². The van der Waals surface area contributed by atoms with Crippen LogP contribution in [-0.4, -0.2) is 98.3 Å². The van der Waals surface area contributed by atoms with E-state index in [1.165, 1.54) is 12.0 Å². The standard InChI is InChI=1S/C45H61N3O11S/c1-7-29-19-28(2)11-8-9-12-31-24-45(31,42(52)47-60(53,54)44(4)16-17-44)25-37(49)36-22-33(58-40-34-14-13-32(55-5)20-30(34)21-38(46-40)56-6)26-48(36)41(51)35(29)23-39(50)59-43(3)15-10-18-57-27-43/h9,12-14,20-21,28-29,31,33,35-36H,7-8,10-11,15-19,22-27H2,1-6H3,(H,47,52)/b12-9-/t28-,29+,31+,33+,35-,36-,43?,45+/m0/s1. The van der Waals surface area contributed by atoms with Crippen LogP contribution in [0.1, 0.15) is 105 Å². The normalized spacial score (nSPS) is 32.4. The second kappa shape index (κ2) is 17.3. The predicted octanol–water partition coefficient (Wildman–Crippen LogP) is 6.09. The van der Waals surface area contributed by atoms with Gasteiger partial charge in [0, 0.05) is 30.9 Å². The second-order valence-corrected chi connectivity index (χ2v) is 20.6. The number of methoxy groups -OCH3 is 2. The summed E-state index contributed by atoms with van der Waals surface area (Å²) in [6, 6.07) is 6.20. The molecule has 4 fully saturated rings. The van der Waals surface area contributed by atoms with E-state index in [2.05, 4.69) is 16.6 Å². The van der Waals surface area contributed by atoms with E-state index in [0.717, 1.165) is 18.2 Å². The number of hydrogen-bond acceptors (Lipinski definition) is 12. The average molecular weight is 852 g/mol. The van der Waals surface area contributed by atoms with Crippen molar-refractivity contribution in [1.82, 2.24) is 14.6 Å². The van der Waals surface area contributed by atoms with Gasteiger partial charge in [-0.25, -0.2) is 8.42 Å². The van der Waals surface area contributed by atoms with Gasteiger partial charge in [-0.3, -0.25) is 23.9 Å². The van der Waals surface area contributed by atoms with Crippen molar-refractivity contribution in [1.29, 1.82) is 0 Å². The van der Waals surface area contributed by atoms with Crippen LogP contribution in [0.25, 0.3) is 10.8 Å². The van der Waals surface area contributed by atoms with Gasteiger partial charge in [-0.1, -0.05) is 32.4 Å². The quantitative estimate of drug-likeness (QED) is 0.204. The maximum atomic E-state index is 15.3. The fraction of sp³-hybridized carbons (Fsp3) is 0.667. The monoisotopic (exact) mass is 851 g/mol. The van der Waals surface area contributed by atoms with E-state index in [-0.39, 0.29) is 67.7 Å². The molecule has 2 aromatic rings. The van der Waals surface area contributed by atoms with Gasteiger partial charge in [0.2, 0.25) is 33.6 Å². The molecule has 1 aromatic heterocycles. The maximum Gasteiger partial charge on any atom is 0.307 e. The molecule has 4 heterocycles. The number of benzene rings is 1. The fourth-order valence-electron chi connectivity index (χ4n) is 9.49. The molecule has 5 aliphatic rings. The van der Waals surface area contributed by atoms with Gasteiger partial charge in [-0.05, 0) is 107 Å². The van der Waals surface area contributed by atoms with Gasteiger partial charge in [-0.15, -0.1) is 0 Å². The minimum Gasteiger partial charge on any atom is -0.497 e. The van der Waals surface area contributed by atoms with Crippen LogP contribution < -0.4 is 18.9 Å². The highest BCUT2D eigenvalue weighted by molar-refractivity contribution is 7.91. The Bertz CT molecular complexity index is 2110. The number of ether oxygens (including phenoxy) is 5. The van der Waals surface area contributed by atoms with Gasteiger partial charge in [0.15, 0.2) is 5.78 Å². The molecule has 7 rings (SSSR count). The molecule has 2 saturated heterocycles. The molecule has 3 aliphatic heterocycles. The Morgan fingerprint density at radius 2 is 1.85 bits per heavy atom. The van der Waals surface area contributed by atoms with Crippen LogP contribution in [0, 0.1) is 29.1 Å². The predicted molar refractivity (Wildman–Crippen MR) is 223 cm³/mol. The Labute approximate surface area is 353 Å². The molecule has 2 saturated carbocycles. The highest BCUT2D eigenvalue weighted by Gasteiger charge is 2.63. The summed E-state index contributed by atoms with van der Waals surface area (Å²) in [7, 11) is -0.897. The number of carbonyl (C=O) groups excluding carboxylic acids is 4. The Hall–Kier alpha value is -4.24. The summed E-state index contributed by atoms with van der Waals surface area (Å²) < 4.78 is 57.3. The number of nitrogens with one attached hydrogen (secondary N) is 1. The number of sulfonamides is 1. The molecule has 0 bridgehead atoms. The third-order valence-electron chi connectivity index (χ3n) is 13.7. The van der Waals surface area contributed by atoms with E-state index in [1.807, 2.05) is 38.1 Å². The van der Waals surface area contributed by atoms with Crippen molar-refractivity contribution in [3.05, 3.63) is 36.4 Å². The maximum absolute atomic E-state index is 15.3. The van der Waals surface area contributed by atoms with Gasteiger partial charge in [0.1, 0.15) is 17.5 Å². The van der Waals surface area contributed by atoms with Crippen molar-refractivity contribution in [3.63, 3.8) is 0 Å². The minimum absolute atomic E-state index is 0.0180. The highest BCUT2D eigenvalue weighted by Crippen LogP contribution is 2.58. The van der Waals surface area contributed by atoms with E-state index >= 15 is 4.79 Å². The number of nitrogens with zero attached hydrogens (tertiary/aromatic N) is 2. The number of hydrogen-bond donors (Lipinski definition) is 1. The molecule has 0 radical (unpaired) electrons. The zero-order valence-electron chi connectivity index (χ0n) is 35.8. The zero-order chi connectivity index (χ0) is 43.0. The number of esters is 1. The van der Waals surface area contributed by atoms with Crippen molar-refractivity contribution < 1.29 is 51.3 Å². The Kier molecular flexibility index (Phi) is 12.6. The molecule has 15 heteroatoms. The molecule has 1 aromatic carbocycles. The van der Waals surface area contributed by atoms with Crippen molar-refractivity contribution in [2.45, 2.75) is 127 Å². The molecule has 2 amide bonds. The van der Waals surface area contributed by atoms with Crippen LogP contribution in [0.5, 0.6) is 17.5 Å². The number of Topliss-reactive ketones (excluding diaryl/α,β-unsaturated/α-hetero) is 1. The molecule has 14 nitrogen and oxygen atoms in total. The smallest absolute Gasteiger partial charge is 0.307 e. The number of fused-ring (bicyclic) bond motifs is 3. The van der Waals surface area contributed by atoms with Crippen molar-refractivity contribution in [2.24, 2.45) is 29.1 Å². The summed E-state index contributed by atoms with van der Waals surface area (Å²) in [4.78, 5) is 64.2. The molecule has 8 atom stereocenters. The molecular weight excluding hydrogens is 791 g/mol. The van der Waals surface area contributed by atoms with Crippen LogP contribution >= 0.6 is 0 Å². The lowest BCUT2D eigenvalue weighted by molar-refractivity contribution is -0.174. The number of allylic oxidation sites excluding steroid dienone is 2. The summed E-state index contributed by atoms with van der Waals surface area (Å²) in [5.74, 6) is -1.86. The van der Waals surface area contributed by atoms with Gasteiger partial charge in [0.25, 0.3) is 0 Å². The van der Waals surface area contributed by atoms with E-state index < -0.39 is 55.7 Å². The lowest BCUT2D eigenvalue weighted by Crippen LogP contribution is -2.48. The van der Waals surface area contributed by atoms with Crippen molar-refractivity contribution in [2.75, 3.05) is 34.0 Å². The first kappa shape index (κ1) is 43.8.